The molecule has 0 saturated carbocycles. The number of aromatic nitrogens is 2. The lowest BCUT2D eigenvalue weighted by Gasteiger charge is -2.10. The molecule has 4 aromatic rings. The van der Waals surface area contributed by atoms with E-state index in [9.17, 15) is 4.79 Å². The molecule has 0 aliphatic heterocycles. The molecule has 1 amide bonds. The number of aryl methyl sites for hydroxylation is 2. The van der Waals surface area contributed by atoms with Crippen LogP contribution in [0.5, 0.6) is 5.75 Å². The van der Waals surface area contributed by atoms with E-state index >= 15 is 0 Å². The van der Waals surface area contributed by atoms with Gasteiger partial charge in [-0.2, -0.15) is 5.10 Å². The summed E-state index contributed by atoms with van der Waals surface area (Å²) in [4.78, 5) is 13.3. The number of ether oxygens (including phenoxy) is 1. The van der Waals surface area contributed by atoms with E-state index in [4.69, 9.17) is 9.84 Å². The average molecular weight is 412 g/mol. The molecular formula is C26H25N3O2. The molecule has 0 saturated heterocycles. The fraction of sp³-hybridized carbons (Fsp3) is 0.154. The van der Waals surface area contributed by atoms with Crippen molar-refractivity contribution in [3.63, 3.8) is 0 Å². The third-order valence-electron chi connectivity index (χ3n) is 5.20. The first-order chi connectivity index (χ1) is 15.0. The molecule has 3 aromatic carbocycles. The van der Waals surface area contributed by atoms with Gasteiger partial charge in [-0.1, -0.05) is 54.6 Å². The second kappa shape index (κ2) is 8.88. The van der Waals surface area contributed by atoms with Crippen LogP contribution in [-0.4, -0.2) is 22.8 Å². The van der Waals surface area contributed by atoms with Crippen LogP contribution in [0.1, 0.15) is 27.0 Å². The van der Waals surface area contributed by atoms with Crippen LogP contribution in [-0.2, 0) is 6.54 Å². The summed E-state index contributed by atoms with van der Waals surface area (Å²) in [6, 6.07) is 23.7. The van der Waals surface area contributed by atoms with Crippen LogP contribution in [0.3, 0.4) is 0 Å². The minimum absolute atomic E-state index is 0.200. The molecule has 0 bridgehead atoms. The molecule has 0 aliphatic carbocycles. The van der Waals surface area contributed by atoms with Gasteiger partial charge in [0.25, 0.3) is 5.91 Å². The Balaban J connectivity index is 1.75. The predicted molar refractivity (Wildman–Crippen MR) is 124 cm³/mol. The number of amides is 1. The van der Waals surface area contributed by atoms with Gasteiger partial charge in [-0.3, -0.25) is 9.48 Å². The van der Waals surface area contributed by atoms with Crippen molar-refractivity contribution in [2.75, 3.05) is 12.4 Å². The van der Waals surface area contributed by atoms with E-state index < -0.39 is 0 Å². The zero-order valence-electron chi connectivity index (χ0n) is 17.9. The Morgan fingerprint density at radius 3 is 2.52 bits per heavy atom. The van der Waals surface area contributed by atoms with Crippen LogP contribution >= 0.6 is 0 Å². The number of para-hydroxylation sites is 1. The first kappa shape index (κ1) is 20.4. The van der Waals surface area contributed by atoms with Crippen molar-refractivity contribution in [3.05, 3.63) is 101 Å². The maximum absolute atomic E-state index is 13.3. The van der Waals surface area contributed by atoms with Crippen LogP contribution in [0.2, 0.25) is 0 Å². The van der Waals surface area contributed by atoms with Crippen molar-refractivity contribution < 1.29 is 9.53 Å². The Bertz CT molecular complexity index is 1210. The normalized spacial score (nSPS) is 10.7. The molecule has 1 N–H and O–H groups in total. The summed E-state index contributed by atoms with van der Waals surface area (Å²) >= 11 is 0. The van der Waals surface area contributed by atoms with Crippen LogP contribution in [0.15, 0.2) is 79.0 Å². The monoisotopic (exact) mass is 411 g/mol. The summed E-state index contributed by atoms with van der Waals surface area (Å²) < 4.78 is 7.33. The van der Waals surface area contributed by atoms with E-state index in [1.165, 1.54) is 0 Å². The molecule has 5 heteroatoms. The van der Waals surface area contributed by atoms with Crippen molar-refractivity contribution in [3.8, 4) is 17.0 Å². The van der Waals surface area contributed by atoms with Crippen LogP contribution in [0.4, 0.5) is 5.69 Å². The molecule has 0 radical (unpaired) electrons. The summed E-state index contributed by atoms with van der Waals surface area (Å²) in [5.74, 6) is 0.474. The number of benzene rings is 3. The van der Waals surface area contributed by atoms with Crippen molar-refractivity contribution in [2.24, 2.45) is 0 Å². The maximum atomic E-state index is 13.3. The number of nitrogens with zero attached hydrogens (tertiary/aromatic N) is 2. The summed E-state index contributed by atoms with van der Waals surface area (Å²) in [5, 5.41) is 7.82. The lowest BCUT2D eigenvalue weighted by Crippen LogP contribution is -2.13. The molecule has 31 heavy (non-hydrogen) atoms. The molecule has 0 fully saturated rings. The molecule has 156 valence electrons. The van der Waals surface area contributed by atoms with E-state index in [0.29, 0.717) is 23.6 Å². The van der Waals surface area contributed by atoms with Crippen LogP contribution in [0.25, 0.3) is 11.3 Å². The van der Waals surface area contributed by atoms with Gasteiger partial charge in [0.15, 0.2) is 0 Å². The number of methoxy groups -OCH3 is 1. The van der Waals surface area contributed by atoms with Crippen LogP contribution < -0.4 is 10.1 Å². The highest BCUT2D eigenvalue weighted by atomic mass is 16.5. The standard InChI is InChI=1S/C26H25N3O2/c1-18-13-14-19(2)23(15-18)27-26(30)22-17-29(16-20-9-5-4-6-10-20)28-25(22)21-11-7-8-12-24(21)31-3/h4-15,17H,16H2,1-3H3,(H,27,30). The van der Waals surface area contributed by atoms with E-state index in [0.717, 1.165) is 27.9 Å². The highest BCUT2D eigenvalue weighted by molar-refractivity contribution is 6.08. The third kappa shape index (κ3) is 4.51. The van der Waals surface area contributed by atoms with Gasteiger partial charge in [0.1, 0.15) is 11.4 Å². The molecule has 4 rings (SSSR count). The molecular weight excluding hydrogens is 386 g/mol. The van der Waals surface area contributed by atoms with Gasteiger partial charge >= 0.3 is 0 Å². The zero-order chi connectivity index (χ0) is 21.8. The molecule has 5 nitrogen and oxygen atoms in total. The van der Waals surface area contributed by atoms with Gasteiger partial charge in [-0.15, -0.1) is 0 Å². The summed E-state index contributed by atoms with van der Waals surface area (Å²) in [6.45, 7) is 4.56. The van der Waals surface area contributed by atoms with Crippen LogP contribution in [0, 0.1) is 13.8 Å². The topological polar surface area (TPSA) is 56.2 Å². The predicted octanol–water partition coefficient (Wildman–Crippen LogP) is 5.48. The Hall–Kier alpha value is -3.86. The van der Waals surface area contributed by atoms with Gasteiger partial charge < -0.3 is 10.1 Å². The first-order valence-electron chi connectivity index (χ1n) is 10.2. The maximum Gasteiger partial charge on any atom is 0.259 e. The number of carbonyl (C=O) groups excluding carboxylic acids is 1. The highest BCUT2D eigenvalue weighted by Crippen LogP contribution is 2.32. The summed E-state index contributed by atoms with van der Waals surface area (Å²) in [6.07, 6.45) is 1.80. The minimum atomic E-state index is -0.200. The Kier molecular flexibility index (Phi) is 5.85. The molecule has 0 unspecified atom stereocenters. The van der Waals surface area contributed by atoms with Crippen molar-refractivity contribution in [1.82, 2.24) is 9.78 Å². The van der Waals surface area contributed by atoms with E-state index in [2.05, 4.69) is 5.32 Å². The van der Waals surface area contributed by atoms with E-state index in [-0.39, 0.29) is 5.91 Å². The molecule has 0 aliphatic rings. The minimum Gasteiger partial charge on any atom is -0.496 e. The third-order valence-corrected chi connectivity index (χ3v) is 5.20. The number of anilines is 1. The Morgan fingerprint density at radius 2 is 1.74 bits per heavy atom. The second-order valence-electron chi connectivity index (χ2n) is 7.55. The molecule has 0 atom stereocenters. The molecule has 1 aromatic heterocycles. The van der Waals surface area contributed by atoms with Gasteiger partial charge in [-0.05, 0) is 48.7 Å². The molecule has 1 heterocycles. The number of rotatable bonds is 6. The Morgan fingerprint density at radius 1 is 1.00 bits per heavy atom. The zero-order valence-corrected chi connectivity index (χ0v) is 17.9. The number of nitrogens with one attached hydrogen (secondary N) is 1. The van der Waals surface area contributed by atoms with Crippen molar-refractivity contribution in [2.45, 2.75) is 20.4 Å². The van der Waals surface area contributed by atoms with E-state index in [1.807, 2.05) is 86.6 Å². The van der Waals surface area contributed by atoms with Gasteiger partial charge in [0.05, 0.1) is 19.2 Å². The SMILES string of the molecule is COc1ccccc1-c1nn(Cc2ccccc2)cc1C(=O)Nc1cc(C)ccc1C. The largest absolute Gasteiger partial charge is 0.496 e. The number of hydrogen-bond donors (Lipinski definition) is 1. The lowest BCUT2D eigenvalue weighted by molar-refractivity contribution is 0.102. The van der Waals surface area contributed by atoms with Gasteiger partial charge in [-0.25, -0.2) is 0 Å². The van der Waals surface area contributed by atoms with Crippen molar-refractivity contribution in [1.29, 1.82) is 0 Å². The van der Waals surface area contributed by atoms with Gasteiger partial charge in [0, 0.05) is 17.4 Å². The fourth-order valence-corrected chi connectivity index (χ4v) is 3.54. The van der Waals surface area contributed by atoms with Gasteiger partial charge in [0.2, 0.25) is 0 Å². The average Bonchev–Trinajstić information content (AvgIpc) is 3.20. The first-order valence-corrected chi connectivity index (χ1v) is 10.2. The number of hydrogen-bond acceptors (Lipinski definition) is 3. The smallest absolute Gasteiger partial charge is 0.259 e. The lowest BCUT2D eigenvalue weighted by atomic mass is 10.1. The quantitative estimate of drug-likeness (QED) is 0.457. The number of carbonyl (C=O) groups is 1. The van der Waals surface area contributed by atoms with Crippen molar-refractivity contribution >= 4 is 11.6 Å². The second-order valence-corrected chi connectivity index (χ2v) is 7.55. The Labute approximate surface area is 182 Å². The fourth-order valence-electron chi connectivity index (χ4n) is 3.54. The summed E-state index contributed by atoms with van der Waals surface area (Å²) in [5.41, 5.74) is 5.88. The van der Waals surface area contributed by atoms with E-state index in [1.54, 1.807) is 18.0 Å². The summed E-state index contributed by atoms with van der Waals surface area (Å²) in [7, 11) is 1.62. The highest BCUT2D eigenvalue weighted by Gasteiger charge is 2.21. The molecule has 0 spiro atoms.